The van der Waals surface area contributed by atoms with Crippen LogP contribution in [0.5, 0.6) is 0 Å². The Bertz CT molecular complexity index is 676. The highest BCUT2D eigenvalue weighted by molar-refractivity contribution is 6.42. The lowest BCUT2D eigenvalue weighted by Gasteiger charge is -2.26. The Balaban J connectivity index is 2.08. The lowest BCUT2D eigenvalue weighted by molar-refractivity contribution is -0.134. The van der Waals surface area contributed by atoms with Crippen molar-refractivity contribution in [1.29, 1.82) is 0 Å². The molecule has 0 fully saturated rings. The molecule has 0 spiro atoms. The van der Waals surface area contributed by atoms with Crippen molar-refractivity contribution < 1.29 is 4.79 Å². The second kappa shape index (κ2) is 7.82. The van der Waals surface area contributed by atoms with Crippen molar-refractivity contribution in [2.75, 3.05) is 7.05 Å². The molecule has 23 heavy (non-hydrogen) atoms. The summed E-state index contributed by atoms with van der Waals surface area (Å²) in [5, 5.41) is 0.966. The maximum atomic E-state index is 12.6. The van der Waals surface area contributed by atoms with E-state index in [-0.39, 0.29) is 17.9 Å². The van der Waals surface area contributed by atoms with Crippen LogP contribution in [0, 0.1) is 5.92 Å². The maximum absolute atomic E-state index is 12.6. The summed E-state index contributed by atoms with van der Waals surface area (Å²) in [5.74, 6) is -0.363. The van der Waals surface area contributed by atoms with Gasteiger partial charge in [0, 0.05) is 19.6 Å². The first-order valence-corrected chi connectivity index (χ1v) is 8.15. The molecule has 0 saturated carbocycles. The minimum Gasteiger partial charge on any atom is -0.341 e. The van der Waals surface area contributed by atoms with E-state index in [2.05, 4.69) is 0 Å². The van der Waals surface area contributed by atoms with Crippen LogP contribution in [0.25, 0.3) is 0 Å². The van der Waals surface area contributed by atoms with Gasteiger partial charge in [0.2, 0.25) is 5.91 Å². The van der Waals surface area contributed by atoms with Crippen LogP contribution >= 0.6 is 23.2 Å². The van der Waals surface area contributed by atoms with Crippen LogP contribution in [-0.4, -0.2) is 17.9 Å². The second-order valence-electron chi connectivity index (χ2n) is 5.63. The summed E-state index contributed by atoms with van der Waals surface area (Å²) in [6, 6.07) is 14.7. The molecular formula is C18H20Cl2N2O. The molecule has 0 aliphatic carbocycles. The van der Waals surface area contributed by atoms with Gasteiger partial charge in [0.15, 0.2) is 0 Å². The first-order valence-electron chi connectivity index (χ1n) is 7.40. The molecule has 0 heterocycles. The predicted molar refractivity (Wildman–Crippen MR) is 95.5 cm³/mol. The van der Waals surface area contributed by atoms with Gasteiger partial charge in [-0.2, -0.15) is 0 Å². The van der Waals surface area contributed by atoms with Gasteiger partial charge in [0.1, 0.15) is 0 Å². The molecule has 2 N–H and O–H groups in total. The van der Waals surface area contributed by atoms with Gasteiger partial charge in [-0.1, -0.05) is 72.6 Å². The zero-order chi connectivity index (χ0) is 17.0. The Labute approximate surface area is 147 Å². The van der Waals surface area contributed by atoms with Crippen molar-refractivity contribution in [3.63, 3.8) is 0 Å². The summed E-state index contributed by atoms with van der Waals surface area (Å²) in [5.41, 5.74) is 7.99. The molecule has 122 valence electrons. The SMILES string of the molecule is CC(C(=O)N(C)Cc1cccc(Cl)c1Cl)C(N)c1ccccc1. The van der Waals surface area contributed by atoms with Gasteiger partial charge >= 0.3 is 0 Å². The van der Waals surface area contributed by atoms with Crippen LogP contribution in [0.4, 0.5) is 0 Å². The number of amides is 1. The summed E-state index contributed by atoms with van der Waals surface area (Å²) in [6.45, 7) is 2.24. The monoisotopic (exact) mass is 350 g/mol. The Kier molecular flexibility index (Phi) is 6.05. The minimum absolute atomic E-state index is 0.0302. The number of halogens is 2. The number of carbonyl (C=O) groups is 1. The van der Waals surface area contributed by atoms with Crippen molar-refractivity contribution in [1.82, 2.24) is 4.90 Å². The number of nitrogens with two attached hydrogens (primary N) is 1. The Morgan fingerprint density at radius 2 is 1.78 bits per heavy atom. The normalized spacial score (nSPS) is 13.4. The van der Waals surface area contributed by atoms with E-state index < -0.39 is 0 Å². The van der Waals surface area contributed by atoms with E-state index in [4.69, 9.17) is 28.9 Å². The number of benzene rings is 2. The molecule has 0 radical (unpaired) electrons. The first-order chi connectivity index (χ1) is 10.9. The van der Waals surface area contributed by atoms with E-state index in [1.54, 1.807) is 18.0 Å². The average Bonchev–Trinajstić information content (AvgIpc) is 2.57. The topological polar surface area (TPSA) is 46.3 Å². The Morgan fingerprint density at radius 3 is 2.43 bits per heavy atom. The quantitative estimate of drug-likeness (QED) is 0.874. The highest BCUT2D eigenvalue weighted by atomic mass is 35.5. The first kappa shape index (κ1) is 17.8. The van der Waals surface area contributed by atoms with Gasteiger partial charge in [0.05, 0.1) is 16.0 Å². The molecule has 2 rings (SSSR count). The van der Waals surface area contributed by atoms with Gasteiger partial charge < -0.3 is 10.6 Å². The average molecular weight is 351 g/mol. The molecule has 0 aliphatic rings. The number of hydrogen-bond acceptors (Lipinski definition) is 2. The molecule has 2 atom stereocenters. The molecule has 0 aliphatic heterocycles. The lowest BCUT2D eigenvalue weighted by atomic mass is 9.94. The smallest absolute Gasteiger partial charge is 0.227 e. The number of carbonyl (C=O) groups excluding carboxylic acids is 1. The van der Waals surface area contributed by atoms with Gasteiger partial charge in [0.25, 0.3) is 0 Å². The largest absolute Gasteiger partial charge is 0.341 e. The molecule has 0 bridgehead atoms. The van der Waals surface area contributed by atoms with Crippen molar-refractivity contribution in [2.24, 2.45) is 11.7 Å². The molecule has 2 aromatic carbocycles. The minimum atomic E-state index is -0.346. The van der Waals surface area contributed by atoms with E-state index in [1.165, 1.54) is 0 Å². The number of nitrogens with zero attached hydrogens (tertiary/aromatic N) is 1. The maximum Gasteiger partial charge on any atom is 0.227 e. The highest BCUT2D eigenvalue weighted by Gasteiger charge is 2.25. The van der Waals surface area contributed by atoms with Crippen LogP contribution in [0.2, 0.25) is 10.0 Å². The third kappa shape index (κ3) is 4.25. The zero-order valence-electron chi connectivity index (χ0n) is 13.2. The van der Waals surface area contributed by atoms with Gasteiger partial charge in [-0.15, -0.1) is 0 Å². The highest BCUT2D eigenvalue weighted by Crippen LogP contribution is 2.27. The van der Waals surface area contributed by atoms with Crippen molar-refractivity contribution in [2.45, 2.75) is 19.5 Å². The molecule has 2 unspecified atom stereocenters. The van der Waals surface area contributed by atoms with Crippen molar-refractivity contribution in [3.05, 3.63) is 69.7 Å². The fourth-order valence-electron chi connectivity index (χ4n) is 2.47. The Hall–Kier alpha value is -1.55. The molecule has 1 amide bonds. The van der Waals surface area contributed by atoms with E-state index in [1.807, 2.05) is 49.4 Å². The van der Waals surface area contributed by atoms with Crippen LogP contribution < -0.4 is 5.73 Å². The predicted octanol–water partition coefficient (Wildman–Crippen LogP) is 4.29. The standard InChI is InChI=1S/C18H20Cl2N2O/c1-12(17(21)13-7-4-3-5-8-13)18(23)22(2)11-14-9-6-10-15(19)16(14)20/h3-10,12,17H,11,21H2,1-2H3. The van der Waals surface area contributed by atoms with Crippen LogP contribution in [0.15, 0.2) is 48.5 Å². The van der Waals surface area contributed by atoms with Gasteiger partial charge in [-0.25, -0.2) is 0 Å². The second-order valence-corrected chi connectivity index (χ2v) is 6.42. The zero-order valence-corrected chi connectivity index (χ0v) is 14.7. The Morgan fingerprint density at radius 1 is 1.13 bits per heavy atom. The fourth-order valence-corrected chi connectivity index (χ4v) is 2.85. The summed E-state index contributed by atoms with van der Waals surface area (Å²) >= 11 is 12.2. The fraction of sp³-hybridized carbons (Fsp3) is 0.278. The molecule has 0 aromatic heterocycles. The van der Waals surface area contributed by atoms with E-state index in [0.717, 1.165) is 11.1 Å². The summed E-state index contributed by atoms with van der Waals surface area (Å²) in [6.07, 6.45) is 0. The van der Waals surface area contributed by atoms with E-state index in [0.29, 0.717) is 16.6 Å². The van der Waals surface area contributed by atoms with E-state index >= 15 is 0 Å². The number of rotatable bonds is 5. The molecule has 2 aromatic rings. The van der Waals surface area contributed by atoms with Gasteiger partial charge in [-0.3, -0.25) is 4.79 Å². The molecular weight excluding hydrogens is 331 g/mol. The van der Waals surface area contributed by atoms with Crippen molar-refractivity contribution in [3.8, 4) is 0 Å². The van der Waals surface area contributed by atoms with Gasteiger partial charge in [-0.05, 0) is 17.2 Å². The van der Waals surface area contributed by atoms with E-state index in [9.17, 15) is 4.79 Å². The summed E-state index contributed by atoms with van der Waals surface area (Å²) < 4.78 is 0. The van der Waals surface area contributed by atoms with Crippen LogP contribution in [0.3, 0.4) is 0 Å². The van der Waals surface area contributed by atoms with Crippen LogP contribution in [0.1, 0.15) is 24.1 Å². The van der Waals surface area contributed by atoms with Crippen molar-refractivity contribution >= 4 is 29.1 Å². The third-order valence-electron chi connectivity index (χ3n) is 3.93. The van der Waals surface area contributed by atoms with Crippen LogP contribution in [-0.2, 0) is 11.3 Å². The molecule has 5 heteroatoms. The molecule has 0 saturated heterocycles. The molecule has 3 nitrogen and oxygen atoms in total. The lowest BCUT2D eigenvalue weighted by Crippen LogP contribution is -2.36. The number of hydrogen-bond donors (Lipinski definition) is 1. The third-order valence-corrected chi connectivity index (χ3v) is 4.79. The summed E-state index contributed by atoms with van der Waals surface area (Å²) in [7, 11) is 1.74. The summed E-state index contributed by atoms with van der Waals surface area (Å²) in [4.78, 5) is 14.3.